The number of benzene rings is 1. The van der Waals surface area contributed by atoms with Crippen LogP contribution in [0.5, 0.6) is 11.5 Å². The molecule has 21 heavy (non-hydrogen) atoms. The van der Waals surface area contributed by atoms with Gasteiger partial charge in [0.05, 0.1) is 13.2 Å². The lowest BCUT2D eigenvalue weighted by molar-refractivity contribution is -0.126. The second-order valence-electron chi connectivity index (χ2n) is 4.20. The smallest absolute Gasteiger partial charge is 0.321 e. The molecule has 0 bridgehead atoms. The molecular weight excluding hydrogens is 276 g/mol. The van der Waals surface area contributed by atoms with Gasteiger partial charge in [-0.1, -0.05) is 6.07 Å². The quantitative estimate of drug-likeness (QED) is 0.721. The summed E-state index contributed by atoms with van der Waals surface area (Å²) in [7, 11) is 1.41. The third-order valence-electron chi connectivity index (χ3n) is 2.63. The average molecular weight is 296 g/mol. The van der Waals surface area contributed by atoms with Crippen LogP contribution in [0.4, 0.5) is 4.79 Å². The number of ether oxygens (including phenoxy) is 2. The zero-order valence-corrected chi connectivity index (χ0v) is 12.3. The highest BCUT2D eigenvalue weighted by Crippen LogP contribution is 2.29. The van der Waals surface area contributed by atoms with E-state index >= 15 is 0 Å². The summed E-state index contributed by atoms with van der Waals surface area (Å²) in [6.07, 6.45) is -0.874. The Morgan fingerprint density at radius 2 is 2.05 bits per heavy atom. The minimum absolute atomic E-state index is 0.118. The summed E-state index contributed by atoms with van der Waals surface area (Å²) in [5.74, 6) is 0.236. The van der Waals surface area contributed by atoms with E-state index in [-0.39, 0.29) is 6.61 Å². The van der Waals surface area contributed by atoms with E-state index in [1.54, 1.807) is 18.2 Å². The number of amides is 3. The van der Waals surface area contributed by atoms with Gasteiger partial charge in [0.2, 0.25) is 0 Å². The molecule has 0 aromatic heterocycles. The van der Waals surface area contributed by atoms with Gasteiger partial charge in [-0.3, -0.25) is 10.1 Å². The van der Waals surface area contributed by atoms with E-state index < -0.39 is 18.0 Å². The highest BCUT2D eigenvalue weighted by molar-refractivity contribution is 5.96. The van der Waals surface area contributed by atoms with Crippen LogP contribution < -0.4 is 20.1 Å². The fraction of sp³-hybridized carbons (Fsp3) is 0.429. The predicted octanol–water partition coefficient (Wildman–Crippen LogP) is 0.800. The van der Waals surface area contributed by atoms with Crippen LogP contribution in [0.25, 0.3) is 0 Å². The molecule has 1 aromatic carbocycles. The first-order valence-corrected chi connectivity index (χ1v) is 6.57. The highest BCUT2D eigenvalue weighted by Gasteiger charge is 2.18. The van der Waals surface area contributed by atoms with Crippen molar-refractivity contribution in [3.8, 4) is 11.5 Å². The molecule has 7 heteroatoms. The Kier molecular flexibility index (Phi) is 6.48. The van der Waals surface area contributed by atoms with E-state index in [0.29, 0.717) is 23.7 Å². The van der Waals surface area contributed by atoms with Crippen LogP contribution in [-0.2, 0) is 11.4 Å². The molecule has 0 radical (unpaired) electrons. The first-order chi connectivity index (χ1) is 10.0. The van der Waals surface area contributed by atoms with E-state index in [1.807, 2.05) is 6.92 Å². The monoisotopic (exact) mass is 296 g/mol. The summed E-state index contributed by atoms with van der Waals surface area (Å²) in [5, 5.41) is 13.5. The first kappa shape index (κ1) is 16.8. The van der Waals surface area contributed by atoms with E-state index in [0.717, 1.165) is 0 Å². The van der Waals surface area contributed by atoms with Gasteiger partial charge in [-0.15, -0.1) is 0 Å². The van der Waals surface area contributed by atoms with E-state index in [9.17, 15) is 9.59 Å². The van der Waals surface area contributed by atoms with Crippen molar-refractivity contribution in [1.29, 1.82) is 0 Å². The molecule has 1 atom stereocenters. The summed E-state index contributed by atoms with van der Waals surface area (Å²) in [6, 6.07) is 4.32. The third-order valence-corrected chi connectivity index (χ3v) is 2.63. The van der Waals surface area contributed by atoms with Crippen LogP contribution in [-0.4, -0.2) is 36.8 Å². The lowest BCUT2D eigenvalue weighted by atomic mass is 10.2. The van der Waals surface area contributed by atoms with Crippen molar-refractivity contribution in [3.05, 3.63) is 23.8 Å². The van der Waals surface area contributed by atoms with Crippen LogP contribution in [0, 0.1) is 0 Å². The summed E-state index contributed by atoms with van der Waals surface area (Å²) < 4.78 is 10.9. The second kappa shape index (κ2) is 8.11. The number of rotatable bonds is 6. The van der Waals surface area contributed by atoms with Gasteiger partial charge in [-0.05, 0) is 31.5 Å². The zero-order valence-electron chi connectivity index (χ0n) is 12.3. The number of hydrogen-bond acceptors (Lipinski definition) is 5. The minimum Gasteiger partial charge on any atom is -0.490 e. The van der Waals surface area contributed by atoms with Crippen LogP contribution in [0.2, 0.25) is 0 Å². The predicted molar refractivity (Wildman–Crippen MR) is 76.2 cm³/mol. The molecule has 3 amide bonds. The Morgan fingerprint density at radius 1 is 1.33 bits per heavy atom. The van der Waals surface area contributed by atoms with E-state index in [4.69, 9.17) is 14.6 Å². The molecule has 1 unspecified atom stereocenters. The third kappa shape index (κ3) is 4.96. The molecule has 0 fully saturated rings. The molecule has 0 saturated heterocycles. The van der Waals surface area contributed by atoms with Crippen molar-refractivity contribution in [2.24, 2.45) is 0 Å². The molecule has 7 nitrogen and oxygen atoms in total. The molecule has 0 aliphatic carbocycles. The van der Waals surface area contributed by atoms with Crippen LogP contribution >= 0.6 is 0 Å². The number of imide groups is 1. The summed E-state index contributed by atoms with van der Waals surface area (Å²) in [4.78, 5) is 22.8. The van der Waals surface area contributed by atoms with Gasteiger partial charge in [0.1, 0.15) is 0 Å². The van der Waals surface area contributed by atoms with Crippen LogP contribution in [0.3, 0.4) is 0 Å². The second-order valence-corrected chi connectivity index (χ2v) is 4.20. The Hall–Kier alpha value is -2.28. The van der Waals surface area contributed by atoms with Crippen LogP contribution in [0.15, 0.2) is 18.2 Å². The summed E-state index contributed by atoms with van der Waals surface area (Å²) >= 11 is 0. The standard InChI is InChI=1S/C14H20N2O5/c1-4-20-12-7-10(8-17)5-6-11(12)21-9(2)13(18)16-14(19)15-3/h5-7,9,17H,4,8H2,1-3H3,(H2,15,16,18,19). The van der Waals surface area contributed by atoms with Crippen molar-refractivity contribution >= 4 is 11.9 Å². The number of nitrogens with one attached hydrogen (secondary N) is 2. The zero-order chi connectivity index (χ0) is 15.8. The number of carbonyl (C=O) groups is 2. The van der Waals surface area contributed by atoms with Crippen LogP contribution in [0.1, 0.15) is 19.4 Å². The molecule has 0 saturated carbocycles. The molecule has 0 aliphatic heterocycles. The summed E-state index contributed by atoms with van der Waals surface area (Å²) in [6.45, 7) is 3.64. The van der Waals surface area contributed by atoms with Crippen molar-refractivity contribution in [3.63, 3.8) is 0 Å². The number of carbonyl (C=O) groups excluding carboxylic acids is 2. The largest absolute Gasteiger partial charge is 0.490 e. The Balaban J connectivity index is 2.81. The van der Waals surface area contributed by atoms with Gasteiger partial charge >= 0.3 is 6.03 Å². The van der Waals surface area contributed by atoms with Crippen molar-refractivity contribution < 1.29 is 24.2 Å². The maximum absolute atomic E-state index is 11.7. The molecule has 3 N–H and O–H groups in total. The Bertz CT molecular complexity index is 504. The van der Waals surface area contributed by atoms with Crippen molar-refractivity contribution in [2.75, 3.05) is 13.7 Å². The topological polar surface area (TPSA) is 96.9 Å². The number of aliphatic hydroxyl groups excluding tert-OH is 1. The van der Waals surface area contributed by atoms with Crippen molar-refractivity contribution in [1.82, 2.24) is 10.6 Å². The Labute approximate surface area is 123 Å². The maximum Gasteiger partial charge on any atom is 0.321 e. The normalized spacial score (nSPS) is 11.4. The van der Waals surface area contributed by atoms with Gasteiger partial charge < -0.3 is 19.9 Å². The molecule has 0 spiro atoms. The molecule has 0 heterocycles. The van der Waals surface area contributed by atoms with Gasteiger partial charge in [-0.25, -0.2) is 4.79 Å². The van der Waals surface area contributed by atoms with Gasteiger partial charge in [0, 0.05) is 7.05 Å². The van der Waals surface area contributed by atoms with E-state index in [2.05, 4.69) is 10.6 Å². The number of hydrogen-bond donors (Lipinski definition) is 3. The summed E-state index contributed by atoms with van der Waals surface area (Å²) in [5.41, 5.74) is 0.674. The fourth-order valence-electron chi connectivity index (χ4n) is 1.54. The fourth-order valence-corrected chi connectivity index (χ4v) is 1.54. The molecule has 116 valence electrons. The van der Waals surface area contributed by atoms with Gasteiger partial charge in [0.25, 0.3) is 5.91 Å². The number of urea groups is 1. The molecule has 0 aliphatic rings. The Morgan fingerprint density at radius 3 is 2.62 bits per heavy atom. The SMILES string of the molecule is CCOc1cc(CO)ccc1OC(C)C(=O)NC(=O)NC. The lowest BCUT2D eigenvalue weighted by Crippen LogP contribution is -2.44. The molecular formula is C14H20N2O5. The minimum atomic E-state index is -0.874. The molecule has 1 rings (SSSR count). The number of aliphatic hydroxyl groups is 1. The lowest BCUT2D eigenvalue weighted by Gasteiger charge is -2.17. The average Bonchev–Trinajstić information content (AvgIpc) is 2.48. The van der Waals surface area contributed by atoms with Crippen molar-refractivity contribution in [2.45, 2.75) is 26.6 Å². The van der Waals surface area contributed by atoms with Gasteiger partial charge in [0.15, 0.2) is 17.6 Å². The van der Waals surface area contributed by atoms with E-state index in [1.165, 1.54) is 14.0 Å². The highest BCUT2D eigenvalue weighted by atomic mass is 16.5. The molecule has 1 aromatic rings. The van der Waals surface area contributed by atoms with Gasteiger partial charge in [-0.2, -0.15) is 0 Å². The maximum atomic E-state index is 11.7. The first-order valence-electron chi connectivity index (χ1n) is 6.57.